The van der Waals surface area contributed by atoms with Crippen molar-refractivity contribution in [2.24, 2.45) is 5.41 Å². The lowest BCUT2D eigenvalue weighted by Crippen LogP contribution is -2.18. The van der Waals surface area contributed by atoms with Crippen LogP contribution in [0.5, 0.6) is 0 Å². The standard InChI is InChI=1S/C13H17FO/c1-10(15)13(8-9-13)7-6-11-2-4-12(14)5-3-11/h2-5,10,15H,6-9H2,1H3. The third-order valence-corrected chi connectivity index (χ3v) is 3.60. The van der Waals surface area contributed by atoms with E-state index in [-0.39, 0.29) is 17.3 Å². The van der Waals surface area contributed by atoms with Crippen LogP contribution in [-0.4, -0.2) is 11.2 Å². The van der Waals surface area contributed by atoms with Crippen LogP contribution in [0.1, 0.15) is 31.7 Å². The van der Waals surface area contributed by atoms with Gasteiger partial charge in [0.05, 0.1) is 6.10 Å². The summed E-state index contributed by atoms with van der Waals surface area (Å²) in [6, 6.07) is 6.65. The second kappa shape index (κ2) is 3.93. The number of aryl methyl sites for hydroxylation is 1. The van der Waals surface area contributed by atoms with E-state index in [1.165, 1.54) is 12.1 Å². The molecule has 1 unspecified atom stereocenters. The maximum atomic E-state index is 12.7. The predicted octanol–water partition coefficient (Wildman–Crippen LogP) is 2.92. The summed E-state index contributed by atoms with van der Waals surface area (Å²) in [4.78, 5) is 0. The highest BCUT2D eigenvalue weighted by molar-refractivity contribution is 5.17. The third-order valence-electron chi connectivity index (χ3n) is 3.60. The molecule has 0 heterocycles. The third kappa shape index (κ3) is 2.37. The number of halogens is 1. The molecule has 1 atom stereocenters. The average Bonchev–Trinajstić information content (AvgIpc) is 2.98. The molecular weight excluding hydrogens is 191 g/mol. The molecule has 1 N–H and O–H groups in total. The Morgan fingerprint density at radius 1 is 1.33 bits per heavy atom. The van der Waals surface area contributed by atoms with Crippen LogP contribution < -0.4 is 0 Å². The highest BCUT2D eigenvalue weighted by Crippen LogP contribution is 2.52. The Morgan fingerprint density at radius 3 is 2.40 bits per heavy atom. The van der Waals surface area contributed by atoms with Crippen molar-refractivity contribution in [1.82, 2.24) is 0 Å². The molecule has 1 aromatic rings. The molecule has 1 saturated carbocycles. The van der Waals surface area contributed by atoms with E-state index >= 15 is 0 Å². The van der Waals surface area contributed by atoms with Crippen LogP contribution in [0.3, 0.4) is 0 Å². The number of aliphatic hydroxyl groups is 1. The van der Waals surface area contributed by atoms with E-state index in [1.807, 2.05) is 19.1 Å². The highest BCUT2D eigenvalue weighted by atomic mass is 19.1. The smallest absolute Gasteiger partial charge is 0.123 e. The molecular formula is C13H17FO. The molecule has 0 amide bonds. The number of benzene rings is 1. The van der Waals surface area contributed by atoms with Gasteiger partial charge in [-0.2, -0.15) is 0 Å². The summed E-state index contributed by atoms with van der Waals surface area (Å²) in [5.41, 5.74) is 1.32. The van der Waals surface area contributed by atoms with Gasteiger partial charge in [0.2, 0.25) is 0 Å². The molecule has 0 spiro atoms. The molecule has 82 valence electrons. The summed E-state index contributed by atoms with van der Waals surface area (Å²) in [6.45, 7) is 1.87. The van der Waals surface area contributed by atoms with Crippen LogP contribution in [0.15, 0.2) is 24.3 Å². The molecule has 0 saturated heterocycles. The monoisotopic (exact) mass is 208 g/mol. The molecule has 0 radical (unpaired) electrons. The van der Waals surface area contributed by atoms with Crippen molar-refractivity contribution in [2.75, 3.05) is 0 Å². The lowest BCUT2D eigenvalue weighted by atomic mass is 9.92. The fraction of sp³-hybridized carbons (Fsp3) is 0.538. The Morgan fingerprint density at radius 2 is 1.93 bits per heavy atom. The van der Waals surface area contributed by atoms with Gasteiger partial charge in [0.25, 0.3) is 0 Å². The minimum atomic E-state index is -0.210. The van der Waals surface area contributed by atoms with Gasteiger partial charge in [-0.1, -0.05) is 12.1 Å². The van der Waals surface area contributed by atoms with Gasteiger partial charge in [0, 0.05) is 0 Å². The van der Waals surface area contributed by atoms with Gasteiger partial charge in [-0.3, -0.25) is 0 Å². The normalized spacial score (nSPS) is 19.9. The van der Waals surface area contributed by atoms with Crippen molar-refractivity contribution in [2.45, 2.75) is 38.7 Å². The first-order chi connectivity index (χ1) is 7.12. The Hall–Kier alpha value is -0.890. The van der Waals surface area contributed by atoms with Crippen molar-refractivity contribution in [3.05, 3.63) is 35.6 Å². The summed E-state index contributed by atoms with van der Waals surface area (Å²) < 4.78 is 12.7. The van der Waals surface area contributed by atoms with Crippen molar-refractivity contribution in [3.63, 3.8) is 0 Å². The molecule has 15 heavy (non-hydrogen) atoms. The summed E-state index contributed by atoms with van der Waals surface area (Å²) >= 11 is 0. The Balaban J connectivity index is 1.91. The van der Waals surface area contributed by atoms with E-state index in [4.69, 9.17) is 0 Å². The van der Waals surface area contributed by atoms with Crippen molar-refractivity contribution in [1.29, 1.82) is 0 Å². The zero-order valence-corrected chi connectivity index (χ0v) is 9.04. The summed E-state index contributed by atoms with van der Waals surface area (Å²) in [6.07, 6.45) is 4.00. The number of rotatable bonds is 4. The van der Waals surface area contributed by atoms with Gasteiger partial charge >= 0.3 is 0 Å². The van der Waals surface area contributed by atoms with Gasteiger partial charge in [-0.15, -0.1) is 0 Å². The van der Waals surface area contributed by atoms with E-state index in [1.54, 1.807) is 0 Å². The first kappa shape index (κ1) is 10.6. The predicted molar refractivity (Wildman–Crippen MR) is 58.1 cm³/mol. The average molecular weight is 208 g/mol. The van der Waals surface area contributed by atoms with Crippen molar-refractivity contribution in [3.8, 4) is 0 Å². The molecule has 0 bridgehead atoms. The minimum absolute atomic E-state index is 0.161. The van der Waals surface area contributed by atoms with Crippen LogP contribution in [0.25, 0.3) is 0 Å². The molecule has 1 fully saturated rings. The van der Waals surface area contributed by atoms with E-state index in [0.29, 0.717) is 0 Å². The number of aliphatic hydroxyl groups excluding tert-OH is 1. The summed E-state index contributed by atoms with van der Waals surface area (Å²) in [7, 11) is 0. The summed E-state index contributed by atoms with van der Waals surface area (Å²) in [5, 5.41) is 9.60. The molecule has 0 aliphatic heterocycles. The van der Waals surface area contributed by atoms with Crippen molar-refractivity contribution >= 4 is 0 Å². The lowest BCUT2D eigenvalue weighted by Gasteiger charge is -2.18. The first-order valence-electron chi connectivity index (χ1n) is 5.55. The molecule has 0 aromatic heterocycles. The first-order valence-corrected chi connectivity index (χ1v) is 5.55. The van der Waals surface area contributed by atoms with Crippen molar-refractivity contribution < 1.29 is 9.50 Å². The maximum absolute atomic E-state index is 12.7. The zero-order valence-electron chi connectivity index (χ0n) is 9.04. The van der Waals surface area contributed by atoms with Gasteiger partial charge in [0.1, 0.15) is 5.82 Å². The van der Waals surface area contributed by atoms with Gasteiger partial charge in [-0.25, -0.2) is 4.39 Å². The van der Waals surface area contributed by atoms with E-state index in [9.17, 15) is 9.50 Å². The molecule has 1 nitrogen and oxygen atoms in total. The van der Waals surface area contributed by atoms with E-state index < -0.39 is 0 Å². The quantitative estimate of drug-likeness (QED) is 0.806. The largest absolute Gasteiger partial charge is 0.393 e. The van der Waals surface area contributed by atoms with Gasteiger partial charge < -0.3 is 5.11 Å². The molecule has 1 aliphatic carbocycles. The fourth-order valence-electron chi connectivity index (χ4n) is 2.08. The van der Waals surface area contributed by atoms with Crippen LogP contribution >= 0.6 is 0 Å². The number of hydrogen-bond donors (Lipinski definition) is 1. The fourth-order valence-corrected chi connectivity index (χ4v) is 2.08. The maximum Gasteiger partial charge on any atom is 0.123 e. The highest BCUT2D eigenvalue weighted by Gasteiger charge is 2.45. The lowest BCUT2D eigenvalue weighted by molar-refractivity contribution is 0.105. The Kier molecular flexibility index (Phi) is 2.79. The second-order valence-electron chi connectivity index (χ2n) is 4.66. The van der Waals surface area contributed by atoms with Crippen LogP contribution in [0.2, 0.25) is 0 Å². The van der Waals surface area contributed by atoms with Crippen LogP contribution in [0.4, 0.5) is 4.39 Å². The zero-order chi connectivity index (χ0) is 10.9. The summed E-state index contributed by atoms with van der Waals surface area (Å²) in [5.74, 6) is -0.185. The number of hydrogen-bond acceptors (Lipinski definition) is 1. The SMILES string of the molecule is CC(O)C1(CCc2ccc(F)cc2)CC1. The van der Waals surface area contributed by atoms with Crippen LogP contribution in [0, 0.1) is 11.2 Å². The minimum Gasteiger partial charge on any atom is -0.393 e. The van der Waals surface area contributed by atoms with E-state index in [2.05, 4.69) is 0 Å². The molecule has 2 heteroatoms. The molecule has 1 aromatic carbocycles. The molecule has 1 aliphatic rings. The van der Waals surface area contributed by atoms with Gasteiger partial charge in [0.15, 0.2) is 0 Å². The second-order valence-corrected chi connectivity index (χ2v) is 4.66. The van der Waals surface area contributed by atoms with Gasteiger partial charge in [-0.05, 0) is 55.7 Å². The topological polar surface area (TPSA) is 20.2 Å². The van der Waals surface area contributed by atoms with E-state index in [0.717, 1.165) is 31.2 Å². The Bertz CT molecular complexity index is 325. The van der Waals surface area contributed by atoms with Crippen LogP contribution in [-0.2, 0) is 6.42 Å². The Labute approximate surface area is 89.9 Å². The molecule has 2 rings (SSSR count).